The maximum Gasteiger partial charge on any atom is 0.192 e. The maximum atomic E-state index is 4.84. The molecular formula is C9H10O2S2. The van der Waals surface area contributed by atoms with E-state index in [0.29, 0.717) is 17.0 Å². The average Bonchev–Trinajstić information content (AvgIpc) is 2.05. The van der Waals surface area contributed by atoms with Crippen molar-refractivity contribution in [2.24, 2.45) is 0 Å². The predicted octanol–water partition coefficient (Wildman–Crippen LogP) is 2.91. The fourth-order valence-electron chi connectivity index (χ4n) is 0.540. The summed E-state index contributed by atoms with van der Waals surface area (Å²) in [5, 5.41) is 0.625. The zero-order chi connectivity index (χ0) is 10.3. The third kappa shape index (κ3) is 5.27. The molecule has 0 aliphatic rings. The van der Waals surface area contributed by atoms with Crippen LogP contribution in [0.4, 0.5) is 0 Å². The van der Waals surface area contributed by atoms with Gasteiger partial charge in [-0.1, -0.05) is 19.7 Å². The second-order valence-electron chi connectivity index (χ2n) is 2.01. The Morgan fingerprint density at radius 1 is 1.15 bits per heavy atom. The van der Waals surface area contributed by atoms with E-state index in [4.69, 9.17) is 33.9 Å². The SMILES string of the molecule is C=COC(=S)CC(=C)C(=S)OC=C. The van der Waals surface area contributed by atoms with Gasteiger partial charge in [0.1, 0.15) is 0 Å². The van der Waals surface area contributed by atoms with Gasteiger partial charge in [0, 0.05) is 12.0 Å². The molecule has 70 valence electrons. The predicted molar refractivity (Wildman–Crippen MR) is 61.5 cm³/mol. The molecule has 0 atom stereocenters. The molecule has 0 radical (unpaired) electrons. The van der Waals surface area contributed by atoms with Crippen molar-refractivity contribution < 1.29 is 9.47 Å². The van der Waals surface area contributed by atoms with E-state index in [0.717, 1.165) is 0 Å². The van der Waals surface area contributed by atoms with E-state index in [1.807, 2.05) is 0 Å². The van der Waals surface area contributed by atoms with Gasteiger partial charge in [0.05, 0.1) is 12.5 Å². The molecule has 0 aromatic heterocycles. The van der Waals surface area contributed by atoms with Gasteiger partial charge >= 0.3 is 0 Å². The molecule has 2 nitrogen and oxygen atoms in total. The van der Waals surface area contributed by atoms with Gasteiger partial charge in [-0.25, -0.2) is 0 Å². The highest BCUT2D eigenvalue weighted by molar-refractivity contribution is 7.80. The summed E-state index contributed by atoms with van der Waals surface area (Å²) in [4.78, 5) is 0. The minimum atomic E-state index is 0.269. The van der Waals surface area contributed by atoms with Gasteiger partial charge in [0.25, 0.3) is 0 Å². The van der Waals surface area contributed by atoms with Gasteiger partial charge in [-0.15, -0.1) is 0 Å². The van der Waals surface area contributed by atoms with E-state index in [1.165, 1.54) is 12.5 Å². The average molecular weight is 214 g/mol. The molecule has 0 heterocycles. The van der Waals surface area contributed by atoms with Crippen molar-refractivity contribution in [1.82, 2.24) is 0 Å². The first-order valence-electron chi connectivity index (χ1n) is 3.42. The zero-order valence-corrected chi connectivity index (χ0v) is 8.75. The van der Waals surface area contributed by atoms with Crippen LogP contribution in [0.1, 0.15) is 6.42 Å². The first-order chi connectivity index (χ1) is 6.11. The minimum absolute atomic E-state index is 0.269. The largest absolute Gasteiger partial charge is 0.458 e. The topological polar surface area (TPSA) is 18.5 Å². The Kier molecular flexibility index (Phi) is 6.01. The molecule has 0 aliphatic heterocycles. The van der Waals surface area contributed by atoms with E-state index in [2.05, 4.69) is 19.7 Å². The Balaban J connectivity index is 3.99. The highest BCUT2D eigenvalue weighted by atomic mass is 32.1. The molecule has 4 heteroatoms. The summed E-state index contributed by atoms with van der Waals surface area (Å²) in [5.41, 5.74) is 0.585. The van der Waals surface area contributed by atoms with Crippen LogP contribution in [0.15, 0.2) is 37.8 Å². The lowest BCUT2D eigenvalue weighted by atomic mass is 10.2. The van der Waals surface area contributed by atoms with Crippen LogP contribution < -0.4 is 0 Å². The first kappa shape index (κ1) is 12.0. The summed E-state index contributed by atoms with van der Waals surface area (Å²) < 4.78 is 9.67. The number of hydrogen-bond donors (Lipinski definition) is 0. The van der Waals surface area contributed by atoms with Crippen molar-refractivity contribution in [3.05, 3.63) is 37.8 Å². The maximum absolute atomic E-state index is 4.84. The van der Waals surface area contributed by atoms with Gasteiger partial charge in [-0.05, 0) is 24.4 Å². The summed E-state index contributed by atoms with van der Waals surface area (Å²) >= 11 is 9.68. The second kappa shape index (κ2) is 6.51. The van der Waals surface area contributed by atoms with Gasteiger partial charge in [0.2, 0.25) is 0 Å². The Morgan fingerprint density at radius 3 is 2.15 bits per heavy atom. The Bertz CT molecular complexity index is 256. The lowest BCUT2D eigenvalue weighted by Gasteiger charge is -2.06. The third-order valence-corrected chi connectivity index (χ3v) is 1.68. The first-order valence-corrected chi connectivity index (χ1v) is 4.23. The van der Waals surface area contributed by atoms with Crippen LogP contribution in [0.25, 0.3) is 0 Å². The van der Waals surface area contributed by atoms with Gasteiger partial charge < -0.3 is 9.47 Å². The molecule has 0 amide bonds. The van der Waals surface area contributed by atoms with Gasteiger partial charge in [-0.3, -0.25) is 0 Å². The molecule has 0 rings (SSSR count). The molecule has 0 N–H and O–H groups in total. The number of rotatable bonds is 5. The van der Waals surface area contributed by atoms with Crippen LogP contribution >= 0.6 is 24.4 Å². The molecule has 0 saturated carbocycles. The quantitative estimate of drug-likeness (QED) is 0.398. The summed E-state index contributed by atoms with van der Waals surface area (Å²) in [5.74, 6) is 0. The van der Waals surface area contributed by atoms with Gasteiger partial charge in [0.15, 0.2) is 10.1 Å². The minimum Gasteiger partial charge on any atom is -0.458 e. The molecule has 13 heavy (non-hydrogen) atoms. The highest BCUT2D eigenvalue weighted by Crippen LogP contribution is 2.06. The van der Waals surface area contributed by atoms with Crippen molar-refractivity contribution in [2.75, 3.05) is 0 Å². The Hall–Kier alpha value is -1.00. The summed E-state index contributed by atoms with van der Waals surface area (Å²) in [6.45, 7) is 10.4. The van der Waals surface area contributed by atoms with E-state index >= 15 is 0 Å². The lowest BCUT2D eigenvalue weighted by molar-refractivity contribution is 0.470. The molecular weight excluding hydrogens is 204 g/mol. The molecule has 0 spiro atoms. The number of thiocarbonyl (C=S) groups is 2. The second-order valence-corrected chi connectivity index (χ2v) is 2.83. The monoisotopic (exact) mass is 214 g/mol. The van der Waals surface area contributed by atoms with Crippen LogP contribution in [0.2, 0.25) is 0 Å². The standard InChI is InChI=1S/C9H10O2S2/c1-4-10-8(12)6-7(3)9(13)11-5-2/h4-5H,1-3,6H2. The Labute approximate surface area is 88.5 Å². The molecule has 0 saturated heterocycles. The van der Waals surface area contributed by atoms with Crippen LogP contribution in [0.5, 0.6) is 0 Å². The van der Waals surface area contributed by atoms with Crippen LogP contribution in [0.3, 0.4) is 0 Å². The van der Waals surface area contributed by atoms with E-state index in [9.17, 15) is 0 Å². The van der Waals surface area contributed by atoms with Crippen molar-refractivity contribution in [3.63, 3.8) is 0 Å². The normalized spacial score (nSPS) is 8.31. The molecule has 0 aromatic carbocycles. The zero-order valence-electron chi connectivity index (χ0n) is 7.12. The van der Waals surface area contributed by atoms with E-state index in [-0.39, 0.29) is 5.05 Å². The van der Waals surface area contributed by atoms with Crippen molar-refractivity contribution >= 4 is 34.5 Å². The fraction of sp³-hybridized carbons (Fsp3) is 0.111. The summed E-state index contributed by atoms with van der Waals surface area (Å²) in [6, 6.07) is 0. The summed E-state index contributed by atoms with van der Waals surface area (Å²) in [7, 11) is 0. The highest BCUT2D eigenvalue weighted by Gasteiger charge is 2.06. The van der Waals surface area contributed by atoms with Crippen molar-refractivity contribution in [3.8, 4) is 0 Å². The van der Waals surface area contributed by atoms with Crippen LogP contribution in [-0.4, -0.2) is 10.1 Å². The molecule has 0 unspecified atom stereocenters. The van der Waals surface area contributed by atoms with Crippen LogP contribution in [-0.2, 0) is 9.47 Å². The van der Waals surface area contributed by atoms with E-state index < -0.39 is 0 Å². The lowest BCUT2D eigenvalue weighted by Crippen LogP contribution is -2.06. The van der Waals surface area contributed by atoms with Gasteiger partial charge in [-0.2, -0.15) is 0 Å². The molecule has 0 aromatic rings. The molecule has 0 bridgehead atoms. The van der Waals surface area contributed by atoms with Crippen molar-refractivity contribution in [1.29, 1.82) is 0 Å². The summed E-state index contributed by atoms with van der Waals surface area (Å²) in [6.07, 6.45) is 2.85. The van der Waals surface area contributed by atoms with Crippen molar-refractivity contribution in [2.45, 2.75) is 6.42 Å². The number of ether oxygens (including phenoxy) is 2. The Morgan fingerprint density at radius 2 is 1.69 bits per heavy atom. The molecule has 0 fully saturated rings. The smallest absolute Gasteiger partial charge is 0.192 e. The third-order valence-electron chi connectivity index (χ3n) is 1.05. The van der Waals surface area contributed by atoms with E-state index in [1.54, 1.807) is 0 Å². The fourth-order valence-corrected chi connectivity index (χ4v) is 0.923. The van der Waals surface area contributed by atoms with Crippen LogP contribution in [0, 0.1) is 0 Å². The molecule has 0 aliphatic carbocycles. The number of hydrogen-bond acceptors (Lipinski definition) is 4.